The van der Waals surface area contributed by atoms with Gasteiger partial charge in [-0.1, -0.05) is 54.6 Å². The molecule has 0 aromatic heterocycles. The van der Waals surface area contributed by atoms with Crippen molar-refractivity contribution in [1.82, 2.24) is 0 Å². The van der Waals surface area contributed by atoms with Crippen molar-refractivity contribution < 1.29 is 14.3 Å². The molecular formula is C16H13O3P. The van der Waals surface area contributed by atoms with Crippen LogP contribution in [0.4, 0.5) is 0 Å². The van der Waals surface area contributed by atoms with E-state index in [1.54, 1.807) is 6.07 Å². The van der Waals surface area contributed by atoms with Gasteiger partial charge in [-0.2, -0.15) is 0 Å². The molecule has 3 rings (SSSR count). The molecule has 3 aromatic rings. The van der Waals surface area contributed by atoms with Gasteiger partial charge in [-0.25, -0.2) is 0 Å². The van der Waals surface area contributed by atoms with Crippen molar-refractivity contribution in [1.29, 1.82) is 0 Å². The third kappa shape index (κ3) is 2.66. The van der Waals surface area contributed by atoms with Gasteiger partial charge in [-0.3, -0.25) is 0 Å². The second kappa shape index (κ2) is 5.59. The maximum Gasteiger partial charge on any atom is 0.391 e. The Kier molecular flexibility index (Phi) is 3.66. The van der Waals surface area contributed by atoms with Gasteiger partial charge < -0.3 is 14.3 Å². The minimum atomic E-state index is -2.41. The quantitative estimate of drug-likeness (QED) is 0.712. The van der Waals surface area contributed by atoms with E-state index in [0.29, 0.717) is 5.75 Å². The average Bonchev–Trinajstić information content (AvgIpc) is 2.47. The van der Waals surface area contributed by atoms with Crippen LogP contribution in [0, 0.1) is 0 Å². The minimum absolute atomic E-state index is 0.483. The number of fused-ring (bicyclic) bond motifs is 1. The minimum Gasteiger partial charge on any atom is -0.426 e. The molecule has 3 aromatic carbocycles. The van der Waals surface area contributed by atoms with Gasteiger partial charge in [-0.15, -0.1) is 0 Å². The van der Waals surface area contributed by atoms with Crippen LogP contribution in [0.1, 0.15) is 0 Å². The maximum atomic E-state index is 9.05. The van der Waals surface area contributed by atoms with Crippen LogP contribution in [0.3, 0.4) is 0 Å². The summed E-state index contributed by atoms with van der Waals surface area (Å²) in [5.41, 5.74) is 2.17. The Morgan fingerprint density at radius 1 is 0.750 bits per heavy atom. The normalized spacial score (nSPS) is 10.9. The Morgan fingerprint density at radius 2 is 1.55 bits per heavy atom. The first-order valence-electron chi connectivity index (χ1n) is 6.18. The molecule has 3 nitrogen and oxygen atoms in total. The van der Waals surface area contributed by atoms with Gasteiger partial charge in [0.2, 0.25) is 0 Å². The zero-order chi connectivity index (χ0) is 13.9. The van der Waals surface area contributed by atoms with Gasteiger partial charge in [0.05, 0.1) is 0 Å². The van der Waals surface area contributed by atoms with Crippen molar-refractivity contribution in [2.24, 2.45) is 0 Å². The third-order valence-electron chi connectivity index (χ3n) is 3.13. The number of rotatable bonds is 3. The summed E-state index contributed by atoms with van der Waals surface area (Å²) < 4.78 is 5.09. The Hall–Kier alpha value is -1.93. The van der Waals surface area contributed by atoms with E-state index in [0.717, 1.165) is 21.9 Å². The first-order valence-corrected chi connectivity index (χ1v) is 7.34. The summed E-state index contributed by atoms with van der Waals surface area (Å²) >= 11 is 0. The molecule has 100 valence electrons. The highest BCUT2D eigenvalue weighted by Crippen LogP contribution is 2.36. The van der Waals surface area contributed by atoms with E-state index in [1.807, 2.05) is 60.7 Å². The van der Waals surface area contributed by atoms with E-state index >= 15 is 0 Å². The SMILES string of the molecule is OP(O)Oc1cccc2ccc(-c3ccccc3)cc12. The van der Waals surface area contributed by atoms with Gasteiger partial charge >= 0.3 is 8.60 Å². The molecule has 2 N–H and O–H groups in total. The van der Waals surface area contributed by atoms with Crippen molar-refractivity contribution in [3.05, 3.63) is 66.7 Å². The molecule has 0 fully saturated rings. The summed E-state index contributed by atoms with van der Waals surface area (Å²) in [5, 5.41) is 1.86. The van der Waals surface area contributed by atoms with Crippen LogP contribution in [0.2, 0.25) is 0 Å². The lowest BCUT2D eigenvalue weighted by Gasteiger charge is -2.10. The molecule has 0 amide bonds. The summed E-state index contributed by atoms with van der Waals surface area (Å²) in [6.45, 7) is 0. The fourth-order valence-electron chi connectivity index (χ4n) is 2.22. The third-order valence-corrected chi connectivity index (χ3v) is 3.49. The highest BCUT2D eigenvalue weighted by Gasteiger charge is 2.08. The summed E-state index contributed by atoms with van der Waals surface area (Å²) in [7, 11) is -2.41. The van der Waals surface area contributed by atoms with Crippen LogP contribution < -0.4 is 4.52 Å². The van der Waals surface area contributed by atoms with Gasteiger partial charge in [-0.05, 0) is 28.6 Å². The van der Waals surface area contributed by atoms with Gasteiger partial charge in [0, 0.05) is 5.39 Å². The van der Waals surface area contributed by atoms with Gasteiger partial charge in [0.1, 0.15) is 5.75 Å². The zero-order valence-corrected chi connectivity index (χ0v) is 11.5. The molecule has 0 unspecified atom stereocenters. The van der Waals surface area contributed by atoms with Crippen molar-refractivity contribution in [3.8, 4) is 16.9 Å². The van der Waals surface area contributed by atoms with Gasteiger partial charge in [0.25, 0.3) is 0 Å². The lowest BCUT2D eigenvalue weighted by molar-refractivity contribution is 0.377. The molecule has 0 aliphatic heterocycles. The van der Waals surface area contributed by atoms with Crippen LogP contribution in [0.5, 0.6) is 5.75 Å². The smallest absolute Gasteiger partial charge is 0.391 e. The first-order chi connectivity index (χ1) is 9.74. The molecule has 0 radical (unpaired) electrons. The van der Waals surface area contributed by atoms with Crippen LogP contribution in [0.25, 0.3) is 21.9 Å². The number of hydrogen-bond acceptors (Lipinski definition) is 3. The van der Waals surface area contributed by atoms with Crippen LogP contribution >= 0.6 is 8.60 Å². The standard InChI is InChI=1S/C16H13O3P/c17-20(18)19-16-8-4-7-13-9-10-14(11-15(13)16)12-5-2-1-3-6-12/h1-11,17-18H. The van der Waals surface area contributed by atoms with E-state index in [1.165, 1.54) is 0 Å². The fourth-order valence-corrected chi connectivity index (χ4v) is 2.56. The van der Waals surface area contributed by atoms with E-state index in [2.05, 4.69) is 0 Å². The molecule has 0 aliphatic rings. The van der Waals surface area contributed by atoms with Crippen molar-refractivity contribution >= 4 is 19.4 Å². The van der Waals surface area contributed by atoms with E-state index in [4.69, 9.17) is 14.3 Å². The molecule has 0 atom stereocenters. The predicted molar refractivity (Wildman–Crippen MR) is 81.4 cm³/mol. The predicted octanol–water partition coefficient (Wildman–Crippen LogP) is 4.10. The summed E-state index contributed by atoms with van der Waals surface area (Å²) in [6, 6.07) is 21.6. The van der Waals surface area contributed by atoms with Gasteiger partial charge in [0.15, 0.2) is 0 Å². The Labute approximate surface area is 118 Å². The van der Waals surface area contributed by atoms with Crippen molar-refractivity contribution in [3.63, 3.8) is 0 Å². The largest absolute Gasteiger partial charge is 0.426 e. The maximum absolute atomic E-state index is 9.05. The van der Waals surface area contributed by atoms with Crippen LogP contribution in [-0.4, -0.2) is 9.79 Å². The highest BCUT2D eigenvalue weighted by atomic mass is 31.2. The lowest BCUT2D eigenvalue weighted by atomic mass is 10.0. The van der Waals surface area contributed by atoms with Crippen LogP contribution in [-0.2, 0) is 0 Å². The second-order valence-corrected chi connectivity index (χ2v) is 5.09. The van der Waals surface area contributed by atoms with E-state index in [9.17, 15) is 0 Å². The van der Waals surface area contributed by atoms with Crippen molar-refractivity contribution in [2.45, 2.75) is 0 Å². The molecule has 0 saturated carbocycles. The molecule has 0 aliphatic carbocycles. The number of benzene rings is 3. The summed E-state index contributed by atoms with van der Waals surface area (Å²) in [5.74, 6) is 0.483. The fraction of sp³-hybridized carbons (Fsp3) is 0. The molecule has 0 spiro atoms. The Bertz CT molecular complexity index is 726. The average molecular weight is 284 g/mol. The molecule has 0 saturated heterocycles. The highest BCUT2D eigenvalue weighted by molar-refractivity contribution is 7.39. The van der Waals surface area contributed by atoms with Crippen molar-refractivity contribution in [2.75, 3.05) is 0 Å². The lowest BCUT2D eigenvalue weighted by Crippen LogP contribution is -1.87. The van der Waals surface area contributed by atoms with E-state index in [-0.39, 0.29) is 0 Å². The zero-order valence-electron chi connectivity index (χ0n) is 10.6. The Morgan fingerprint density at radius 3 is 2.30 bits per heavy atom. The topological polar surface area (TPSA) is 49.7 Å². The number of hydrogen-bond donors (Lipinski definition) is 2. The molecule has 0 bridgehead atoms. The first kappa shape index (κ1) is 13.1. The monoisotopic (exact) mass is 284 g/mol. The van der Waals surface area contributed by atoms with Crippen LogP contribution in [0.15, 0.2) is 66.7 Å². The summed E-state index contributed by atoms with van der Waals surface area (Å²) in [4.78, 5) is 18.1. The molecule has 20 heavy (non-hydrogen) atoms. The second-order valence-electron chi connectivity index (χ2n) is 4.40. The molecular weight excluding hydrogens is 271 g/mol. The summed E-state index contributed by atoms with van der Waals surface area (Å²) in [6.07, 6.45) is 0. The Balaban J connectivity index is 2.14. The molecule has 4 heteroatoms. The van der Waals surface area contributed by atoms with E-state index < -0.39 is 8.60 Å². The molecule has 0 heterocycles.